The van der Waals surface area contributed by atoms with E-state index in [0.29, 0.717) is 24.1 Å². The van der Waals surface area contributed by atoms with E-state index >= 15 is 0 Å². The molecule has 104 valence electrons. The Morgan fingerprint density at radius 1 is 1.47 bits per heavy atom. The summed E-state index contributed by atoms with van der Waals surface area (Å²) in [7, 11) is 0. The van der Waals surface area contributed by atoms with Crippen molar-refractivity contribution < 1.29 is 9.90 Å². The molecular weight excluding hydrogens is 240 g/mol. The summed E-state index contributed by atoms with van der Waals surface area (Å²) in [6, 6.07) is 7.77. The molecule has 0 radical (unpaired) electrons. The summed E-state index contributed by atoms with van der Waals surface area (Å²) in [6.07, 6.45) is 0. The SMILES string of the molecule is CC(C)C1CNCCN1Cc1ccccc1C(=O)O. The highest BCUT2D eigenvalue weighted by Gasteiger charge is 2.25. The molecule has 0 aromatic heterocycles. The zero-order valence-electron chi connectivity index (χ0n) is 11.6. The van der Waals surface area contributed by atoms with Crippen LogP contribution >= 0.6 is 0 Å². The number of carbonyl (C=O) groups is 1. The van der Waals surface area contributed by atoms with Gasteiger partial charge in [0.25, 0.3) is 0 Å². The highest BCUT2D eigenvalue weighted by Crippen LogP contribution is 2.18. The topological polar surface area (TPSA) is 52.6 Å². The van der Waals surface area contributed by atoms with Crippen molar-refractivity contribution in [1.82, 2.24) is 10.2 Å². The van der Waals surface area contributed by atoms with Gasteiger partial charge >= 0.3 is 5.97 Å². The molecule has 1 atom stereocenters. The lowest BCUT2D eigenvalue weighted by atomic mass is 9.98. The molecule has 1 fully saturated rings. The Morgan fingerprint density at radius 2 is 2.21 bits per heavy atom. The Labute approximate surface area is 114 Å². The first-order chi connectivity index (χ1) is 9.09. The van der Waals surface area contributed by atoms with Crippen molar-refractivity contribution in [2.45, 2.75) is 26.4 Å². The second-order valence-corrected chi connectivity index (χ2v) is 5.45. The molecule has 2 rings (SSSR count). The van der Waals surface area contributed by atoms with Crippen LogP contribution in [0.5, 0.6) is 0 Å². The Morgan fingerprint density at radius 3 is 2.89 bits per heavy atom. The number of carboxylic acid groups (broad SMARTS) is 1. The van der Waals surface area contributed by atoms with E-state index in [1.54, 1.807) is 12.1 Å². The van der Waals surface area contributed by atoms with Crippen LogP contribution in [0, 0.1) is 5.92 Å². The van der Waals surface area contributed by atoms with E-state index in [1.807, 2.05) is 12.1 Å². The fraction of sp³-hybridized carbons (Fsp3) is 0.533. The molecule has 0 spiro atoms. The molecule has 1 saturated heterocycles. The van der Waals surface area contributed by atoms with Gasteiger partial charge in [-0.3, -0.25) is 4.90 Å². The molecule has 4 nitrogen and oxygen atoms in total. The molecule has 19 heavy (non-hydrogen) atoms. The Balaban J connectivity index is 2.17. The molecule has 1 aliphatic heterocycles. The van der Waals surface area contributed by atoms with Gasteiger partial charge in [-0.25, -0.2) is 4.79 Å². The fourth-order valence-corrected chi connectivity index (χ4v) is 2.71. The van der Waals surface area contributed by atoms with Crippen LogP contribution in [0.1, 0.15) is 29.8 Å². The minimum absolute atomic E-state index is 0.420. The highest BCUT2D eigenvalue weighted by molar-refractivity contribution is 5.89. The number of hydrogen-bond acceptors (Lipinski definition) is 3. The molecule has 0 bridgehead atoms. The lowest BCUT2D eigenvalue weighted by Crippen LogP contribution is -2.53. The molecule has 2 N–H and O–H groups in total. The van der Waals surface area contributed by atoms with Crippen molar-refractivity contribution >= 4 is 5.97 Å². The number of benzene rings is 1. The van der Waals surface area contributed by atoms with Gasteiger partial charge in [0, 0.05) is 32.2 Å². The number of aromatic carboxylic acids is 1. The molecule has 1 aliphatic rings. The van der Waals surface area contributed by atoms with Gasteiger partial charge in [-0.05, 0) is 17.5 Å². The number of carboxylic acids is 1. The van der Waals surface area contributed by atoms with Gasteiger partial charge < -0.3 is 10.4 Å². The zero-order chi connectivity index (χ0) is 13.8. The number of piperazine rings is 1. The number of rotatable bonds is 4. The third-order valence-corrected chi connectivity index (χ3v) is 3.79. The van der Waals surface area contributed by atoms with Crippen LogP contribution in [0.15, 0.2) is 24.3 Å². The first kappa shape index (κ1) is 14.0. The van der Waals surface area contributed by atoms with E-state index in [1.165, 1.54) is 0 Å². The smallest absolute Gasteiger partial charge is 0.336 e. The molecule has 0 aliphatic carbocycles. The largest absolute Gasteiger partial charge is 0.478 e. The van der Waals surface area contributed by atoms with Crippen LogP contribution in [0.4, 0.5) is 0 Å². The lowest BCUT2D eigenvalue weighted by Gasteiger charge is -2.38. The van der Waals surface area contributed by atoms with E-state index in [2.05, 4.69) is 24.1 Å². The van der Waals surface area contributed by atoms with Crippen molar-refractivity contribution in [3.05, 3.63) is 35.4 Å². The second kappa shape index (κ2) is 6.17. The summed E-state index contributed by atoms with van der Waals surface area (Å²) in [5.74, 6) is -0.281. The number of nitrogens with zero attached hydrogens (tertiary/aromatic N) is 1. The van der Waals surface area contributed by atoms with Crippen molar-refractivity contribution in [2.24, 2.45) is 5.92 Å². The Hall–Kier alpha value is -1.39. The van der Waals surface area contributed by atoms with E-state index < -0.39 is 5.97 Å². The average molecular weight is 262 g/mol. The maximum Gasteiger partial charge on any atom is 0.336 e. The zero-order valence-corrected chi connectivity index (χ0v) is 11.6. The molecule has 1 unspecified atom stereocenters. The predicted octanol–water partition coefficient (Wildman–Crippen LogP) is 1.81. The maximum atomic E-state index is 11.2. The van der Waals surface area contributed by atoms with Gasteiger partial charge in [-0.1, -0.05) is 32.0 Å². The van der Waals surface area contributed by atoms with Gasteiger partial charge in [0.15, 0.2) is 0 Å². The van der Waals surface area contributed by atoms with Crippen molar-refractivity contribution in [3.63, 3.8) is 0 Å². The van der Waals surface area contributed by atoms with Crippen LogP contribution in [-0.2, 0) is 6.54 Å². The van der Waals surface area contributed by atoms with Crippen LogP contribution in [0.2, 0.25) is 0 Å². The summed E-state index contributed by atoms with van der Waals surface area (Å²) in [6.45, 7) is 8.07. The van der Waals surface area contributed by atoms with Crippen molar-refractivity contribution in [3.8, 4) is 0 Å². The minimum Gasteiger partial charge on any atom is -0.478 e. The molecule has 0 amide bonds. The average Bonchev–Trinajstić information content (AvgIpc) is 2.39. The monoisotopic (exact) mass is 262 g/mol. The summed E-state index contributed by atoms with van der Waals surface area (Å²) < 4.78 is 0. The van der Waals surface area contributed by atoms with Gasteiger partial charge in [0.2, 0.25) is 0 Å². The second-order valence-electron chi connectivity index (χ2n) is 5.45. The third-order valence-electron chi connectivity index (χ3n) is 3.79. The fourth-order valence-electron chi connectivity index (χ4n) is 2.71. The summed E-state index contributed by atoms with van der Waals surface area (Å²) >= 11 is 0. The molecular formula is C15H22N2O2. The number of nitrogens with one attached hydrogen (secondary N) is 1. The quantitative estimate of drug-likeness (QED) is 0.869. The van der Waals surface area contributed by atoms with Crippen molar-refractivity contribution in [2.75, 3.05) is 19.6 Å². The maximum absolute atomic E-state index is 11.2. The summed E-state index contributed by atoms with van der Waals surface area (Å²) in [5.41, 5.74) is 1.33. The third kappa shape index (κ3) is 3.33. The van der Waals surface area contributed by atoms with Crippen LogP contribution < -0.4 is 5.32 Å². The van der Waals surface area contributed by atoms with Gasteiger partial charge in [-0.15, -0.1) is 0 Å². The van der Waals surface area contributed by atoms with Crippen LogP contribution in [0.25, 0.3) is 0 Å². The first-order valence-corrected chi connectivity index (χ1v) is 6.85. The Bertz CT molecular complexity index is 446. The standard InChI is InChI=1S/C15H22N2O2/c1-11(2)14-9-16-7-8-17(14)10-12-5-3-4-6-13(12)15(18)19/h3-6,11,14,16H,7-10H2,1-2H3,(H,18,19). The summed E-state index contributed by atoms with van der Waals surface area (Å²) in [5, 5.41) is 12.7. The normalized spacial score (nSPS) is 20.7. The van der Waals surface area contributed by atoms with Crippen LogP contribution in [0.3, 0.4) is 0 Å². The molecule has 4 heteroatoms. The molecule has 1 aromatic carbocycles. The molecule has 1 aromatic rings. The van der Waals surface area contributed by atoms with Gasteiger partial charge in [0.05, 0.1) is 5.56 Å². The van der Waals surface area contributed by atoms with E-state index in [0.717, 1.165) is 25.2 Å². The van der Waals surface area contributed by atoms with Gasteiger partial charge in [-0.2, -0.15) is 0 Å². The Kier molecular flexibility index (Phi) is 4.56. The van der Waals surface area contributed by atoms with E-state index in [9.17, 15) is 9.90 Å². The minimum atomic E-state index is -0.841. The van der Waals surface area contributed by atoms with Gasteiger partial charge in [0.1, 0.15) is 0 Å². The van der Waals surface area contributed by atoms with Crippen molar-refractivity contribution in [1.29, 1.82) is 0 Å². The molecule has 0 saturated carbocycles. The highest BCUT2D eigenvalue weighted by atomic mass is 16.4. The van der Waals surface area contributed by atoms with E-state index in [4.69, 9.17) is 0 Å². The molecule has 1 heterocycles. The van der Waals surface area contributed by atoms with Crippen LogP contribution in [-0.4, -0.2) is 41.7 Å². The summed E-state index contributed by atoms with van der Waals surface area (Å²) in [4.78, 5) is 13.6. The lowest BCUT2D eigenvalue weighted by molar-refractivity contribution is 0.0691. The number of hydrogen-bond donors (Lipinski definition) is 2. The van der Waals surface area contributed by atoms with E-state index in [-0.39, 0.29) is 0 Å². The predicted molar refractivity (Wildman–Crippen MR) is 75.3 cm³/mol. The first-order valence-electron chi connectivity index (χ1n) is 6.85.